The van der Waals surface area contributed by atoms with Crippen molar-refractivity contribution in [3.8, 4) is 0 Å². The molecule has 1 aromatic rings. The molecule has 1 aliphatic rings. The van der Waals surface area contributed by atoms with Crippen molar-refractivity contribution in [3.05, 3.63) is 35.9 Å². The van der Waals surface area contributed by atoms with Crippen LogP contribution in [0.4, 0.5) is 4.79 Å². The standard InChI is InChI=1S/C12H10BrNO5/c13-12(6-9(15)14-10(12)16)19-11(17)18-7-8-4-2-1-3-5-8/h1-5H,6-7H2,(H,14,15,16). The van der Waals surface area contributed by atoms with Crippen molar-refractivity contribution >= 4 is 33.9 Å². The van der Waals surface area contributed by atoms with Crippen molar-refractivity contribution in [3.63, 3.8) is 0 Å². The Morgan fingerprint density at radius 1 is 1.32 bits per heavy atom. The molecule has 0 spiro atoms. The summed E-state index contributed by atoms with van der Waals surface area (Å²) in [7, 11) is 0. The van der Waals surface area contributed by atoms with Gasteiger partial charge in [-0.1, -0.05) is 30.3 Å². The minimum Gasteiger partial charge on any atom is -0.429 e. The summed E-state index contributed by atoms with van der Waals surface area (Å²) < 4.78 is 8.01. The van der Waals surface area contributed by atoms with Crippen LogP contribution in [0.1, 0.15) is 12.0 Å². The summed E-state index contributed by atoms with van der Waals surface area (Å²) in [6.07, 6.45) is -1.29. The largest absolute Gasteiger partial charge is 0.510 e. The summed E-state index contributed by atoms with van der Waals surface area (Å²) in [5, 5.41) is 2.03. The van der Waals surface area contributed by atoms with E-state index in [0.29, 0.717) is 0 Å². The number of alkyl halides is 1. The summed E-state index contributed by atoms with van der Waals surface area (Å²) in [6, 6.07) is 9.01. The lowest BCUT2D eigenvalue weighted by atomic mass is 10.2. The molecule has 6 nitrogen and oxygen atoms in total. The van der Waals surface area contributed by atoms with E-state index < -0.39 is 22.5 Å². The van der Waals surface area contributed by atoms with Crippen molar-refractivity contribution in [2.75, 3.05) is 0 Å². The molecule has 1 saturated heterocycles. The number of carbonyl (C=O) groups is 3. The number of rotatable bonds is 3. The molecule has 7 heteroatoms. The van der Waals surface area contributed by atoms with E-state index in [4.69, 9.17) is 9.47 Å². The van der Waals surface area contributed by atoms with Gasteiger partial charge in [0.25, 0.3) is 10.4 Å². The fourth-order valence-corrected chi connectivity index (χ4v) is 2.00. The second kappa shape index (κ2) is 5.40. The molecule has 1 heterocycles. The number of halogens is 1. The topological polar surface area (TPSA) is 81.7 Å². The molecule has 0 bridgehead atoms. The highest BCUT2D eigenvalue weighted by Crippen LogP contribution is 2.29. The SMILES string of the molecule is O=C1CC(Br)(OC(=O)OCc2ccccc2)C(=O)N1. The van der Waals surface area contributed by atoms with E-state index in [1.54, 1.807) is 24.3 Å². The van der Waals surface area contributed by atoms with Crippen molar-refractivity contribution in [2.45, 2.75) is 17.5 Å². The van der Waals surface area contributed by atoms with Crippen LogP contribution in [0.25, 0.3) is 0 Å². The van der Waals surface area contributed by atoms with Crippen LogP contribution in [-0.2, 0) is 25.7 Å². The molecule has 1 unspecified atom stereocenters. The van der Waals surface area contributed by atoms with Gasteiger partial charge in [0, 0.05) is 0 Å². The first-order valence-electron chi connectivity index (χ1n) is 5.42. The Bertz CT molecular complexity index is 518. The van der Waals surface area contributed by atoms with Gasteiger partial charge in [0.1, 0.15) is 6.61 Å². The van der Waals surface area contributed by atoms with E-state index in [0.717, 1.165) is 5.56 Å². The molecule has 0 aromatic heterocycles. The van der Waals surface area contributed by atoms with E-state index in [2.05, 4.69) is 15.9 Å². The third-order valence-electron chi connectivity index (χ3n) is 2.42. The molecule has 1 aromatic carbocycles. The molecule has 0 aliphatic carbocycles. The Morgan fingerprint density at radius 3 is 2.58 bits per heavy atom. The fourth-order valence-electron chi connectivity index (χ4n) is 1.51. The number of hydrogen-bond donors (Lipinski definition) is 1. The smallest absolute Gasteiger partial charge is 0.429 e. The van der Waals surface area contributed by atoms with E-state index in [1.807, 2.05) is 11.4 Å². The van der Waals surface area contributed by atoms with Crippen LogP contribution in [0.5, 0.6) is 0 Å². The predicted molar refractivity (Wildman–Crippen MR) is 67.1 cm³/mol. The molecule has 2 amide bonds. The molecule has 1 aliphatic heterocycles. The van der Waals surface area contributed by atoms with Crippen LogP contribution in [0.2, 0.25) is 0 Å². The molecule has 1 N–H and O–H groups in total. The highest BCUT2D eigenvalue weighted by atomic mass is 79.9. The Hall–Kier alpha value is -1.89. The minimum atomic E-state index is -1.67. The van der Waals surface area contributed by atoms with E-state index >= 15 is 0 Å². The van der Waals surface area contributed by atoms with Crippen molar-refractivity contribution in [2.24, 2.45) is 0 Å². The Morgan fingerprint density at radius 2 is 2.00 bits per heavy atom. The molecule has 1 fully saturated rings. The molecule has 2 rings (SSSR count). The van der Waals surface area contributed by atoms with E-state index in [9.17, 15) is 14.4 Å². The number of hydrogen-bond acceptors (Lipinski definition) is 5. The molecular weight excluding hydrogens is 318 g/mol. The van der Waals surface area contributed by atoms with Crippen molar-refractivity contribution in [1.29, 1.82) is 0 Å². The van der Waals surface area contributed by atoms with E-state index in [-0.39, 0.29) is 13.0 Å². The summed E-state index contributed by atoms with van der Waals surface area (Å²) in [5.74, 6) is -1.23. The van der Waals surface area contributed by atoms with Gasteiger partial charge in [0.15, 0.2) is 0 Å². The quantitative estimate of drug-likeness (QED) is 0.516. The van der Waals surface area contributed by atoms with Crippen LogP contribution in [0, 0.1) is 0 Å². The van der Waals surface area contributed by atoms with Gasteiger partial charge in [-0.3, -0.25) is 14.9 Å². The minimum absolute atomic E-state index is 0.0261. The third-order valence-corrected chi connectivity index (χ3v) is 3.23. The second-order valence-corrected chi connectivity index (χ2v) is 5.19. The maximum Gasteiger partial charge on any atom is 0.510 e. The zero-order chi connectivity index (χ0) is 13.9. The normalized spacial score (nSPS) is 21.9. The third kappa shape index (κ3) is 3.31. The van der Waals surface area contributed by atoms with Gasteiger partial charge in [0.05, 0.1) is 6.42 Å². The van der Waals surface area contributed by atoms with Gasteiger partial charge < -0.3 is 9.47 Å². The average molecular weight is 328 g/mol. The average Bonchev–Trinajstić information content (AvgIpc) is 2.61. The lowest BCUT2D eigenvalue weighted by Crippen LogP contribution is -2.37. The number of carbonyl (C=O) groups excluding carboxylic acids is 3. The van der Waals surface area contributed by atoms with Gasteiger partial charge in [-0.05, 0) is 21.5 Å². The summed E-state index contributed by atoms with van der Waals surface area (Å²) >= 11 is 2.92. The maximum atomic E-state index is 11.5. The van der Waals surface area contributed by atoms with Gasteiger partial charge in [-0.15, -0.1) is 0 Å². The molecule has 19 heavy (non-hydrogen) atoms. The highest BCUT2D eigenvalue weighted by Gasteiger charge is 2.48. The van der Waals surface area contributed by atoms with Crippen LogP contribution in [0.3, 0.4) is 0 Å². The number of imide groups is 1. The zero-order valence-electron chi connectivity index (χ0n) is 9.72. The van der Waals surface area contributed by atoms with Crippen LogP contribution in [0.15, 0.2) is 30.3 Å². The zero-order valence-corrected chi connectivity index (χ0v) is 11.3. The molecule has 0 radical (unpaired) electrons. The van der Waals surface area contributed by atoms with Gasteiger partial charge in [-0.2, -0.15) is 0 Å². The van der Waals surface area contributed by atoms with E-state index in [1.165, 1.54) is 0 Å². The van der Waals surface area contributed by atoms with Crippen LogP contribution in [-0.4, -0.2) is 22.5 Å². The Labute approximate surface area is 117 Å². The monoisotopic (exact) mass is 327 g/mol. The Balaban J connectivity index is 1.88. The molecule has 1 atom stereocenters. The predicted octanol–water partition coefficient (Wildman–Crippen LogP) is 1.48. The summed E-state index contributed by atoms with van der Waals surface area (Å²) in [4.78, 5) is 33.9. The molecular formula is C12H10BrNO5. The first-order chi connectivity index (χ1) is 8.99. The van der Waals surface area contributed by atoms with Gasteiger partial charge in [0.2, 0.25) is 5.91 Å². The first-order valence-corrected chi connectivity index (χ1v) is 6.22. The molecule has 0 saturated carbocycles. The Kier molecular flexibility index (Phi) is 3.84. The number of ether oxygens (including phenoxy) is 2. The van der Waals surface area contributed by atoms with Gasteiger partial charge in [-0.25, -0.2) is 4.79 Å². The summed E-state index contributed by atoms with van der Waals surface area (Å²) in [6.45, 7) is 0.0261. The lowest BCUT2D eigenvalue weighted by molar-refractivity contribution is -0.130. The molecule has 100 valence electrons. The maximum absolute atomic E-state index is 11.5. The van der Waals surface area contributed by atoms with Gasteiger partial charge >= 0.3 is 6.16 Å². The number of amides is 2. The van der Waals surface area contributed by atoms with Crippen molar-refractivity contribution in [1.82, 2.24) is 5.32 Å². The van der Waals surface area contributed by atoms with Crippen LogP contribution >= 0.6 is 15.9 Å². The first kappa shape index (κ1) is 13.5. The number of nitrogens with one attached hydrogen (secondary N) is 1. The lowest BCUT2D eigenvalue weighted by Gasteiger charge is -2.17. The van der Waals surface area contributed by atoms with Crippen LogP contribution < -0.4 is 5.32 Å². The van der Waals surface area contributed by atoms with Crippen molar-refractivity contribution < 1.29 is 23.9 Å². The fraction of sp³-hybridized carbons (Fsp3) is 0.250. The number of benzene rings is 1. The highest BCUT2D eigenvalue weighted by molar-refractivity contribution is 9.10. The second-order valence-electron chi connectivity index (χ2n) is 3.91. The summed E-state index contributed by atoms with van der Waals surface area (Å²) in [5.41, 5.74) is 0.787.